The van der Waals surface area contributed by atoms with Crippen LogP contribution in [0.1, 0.15) is 26.3 Å². The van der Waals surface area contributed by atoms with Crippen LogP contribution in [0.25, 0.3) is 21.9 Å². The molecule has 2 aromatic carbocycles. The van der Waals surface area contributed by atoms with Gasteiger partial charge in [0.05, 0.1) is 8.07 Å². The number of furan rings is 1. The molecular formula is C19H24OSi. The first-order valence-electron chi connectivity index (χ1n) is 7.63. The molecule has 1 nitrogen and oxygen atoms in total. The predicted molar refractivity (Wildman–Crippen MR) is 95.4 cm³/mol. The molecule has 0 radical (unpaired) electrons. The molecule has 21 heavy (non-hydrogen) atoms. The van der Waals surface area contributed by atoms with Crippen molar-refractivity contribution in [3.8, 4) is 0 Å². The van der Waals surface area contributed by atoms with Gasteiger partial charge in [-0.2, -0.15) is 0 Å². The number of hydrogen-bond donors (Lipinski definition) is 0. The molecule has 3 rings (SSSR count). The minimum Gasteiger partial charge on any atom is -0.456 e. The zero-order valence-corrected chi connectivity index (χ0v) is 14.9. The van der Waals surface area contributed by atoms with Crippen LogP contribution >= 0.6 is 0 Å². The standard InChI is InChI=1S/C19H24OSi/c1-19(2,3)13-7-10-17-16(11-13)15-9-8-14(21(4,5)6)12-18(15)20-17/h7-12H,1-6H3. The Balaban J connectivity index is 2.26. The number of rotatable bonds is 1. The quantitative estimate of drug-likeness (QED) is 0.546. The zero-order valence-electron chi connectivity index (χ0n) is 13.9. The fourth-order valence-corrected chi connectivity index (χ4v) is 3.86. The van der Waals surface area contributed by atoms with Crippen molar-refractivity contribution in [2.75, 3.05) is 0 Å². The molecule has 3 aromatic rings. The molecule has 0 amide bonds. The molecule has 0 N–H and O–H groups in total. The van der Waals surface area contributed by atoms with Gasteiger partial charge in [0.2, 0.25) is 0 Å². The van der Waals surface area contributed by atoms with Crippen LogP contribution in [-0.2, 0) is 5.41 Å². The first kappa shape index (κ1) is 14.4. The molecule has 2 heteroatoms. The van der Waals surface area contributed by atoms with Gasteiger partial charge < -0.3 is 4.42 Å². The molecule has 0 aliphatic rings. The molecule has 0 aliphatic heterocycles. The molecule has 1 heterocycles. The summed E-state index contributed by atoms with van der Waals surface area (Å²) in [4.78, 5) is 0. The molecule has 0 saturated carbocycles. The lowest BCUT2D eigenvalue weighted by Crippen LogP contribution is -2.37. The summed E-state index contributed by atoms with van der Waals surface area (Å²) < 4.78 is 6.08. The summed E-state index contributed by atoms with van der Waals surface area (Å²) in [6, 6.07) is 13.4. The highest BCUT2D eigenvalue weighted by Crippen LogP contribution is 2.32. The van der Waals surface area contributed by atoms with Gasteiger partial charge in [-0.25, -0.2) is 0 Å². The summed E-state index contributed by atoms with van der Waals surface area (Å²) in [6.45, 7) is 13.9. The minimum atomic E-state index is -1.30. The van der Waals surface area contributed by atoms with Crippen molar-refractivity contribution in [2.24, 2.45) is 0 Å². The molecule has 0 fully saturated rings. The maximum absolute atomic E-state index is 6.08. The van der Waals surface area contributed by atoms with E-state index < -0.39 is 8.07 Å². The van der Waals surface area contributed by atoms with Crippen LogP contribution in [0.4, 0.5) is 0 Å². The molecule has 1 aromatic heterocycles. The zero-order chi connectivity index (χ0) is 15.4. The fourth-order valence-electron chi connectivity index (χ4n) is 2.71. The topological polar surface area (TPSA) is 13.1 Å². The van der Waals surface area contributed by atoms with Gasteiger partial charge in [0, 0.05) is 10.8 Å². The van der Waals surface area contributed by atoms with Gasteiger partial charge in [0.25, 0.3) is 0 Å². The molecule has 0 spiro atoms. The third-order valence-electron chi connectivity index (χ3n) is 4.20. The van der Waals surface area contributed by atoms with E-state index in [4.69, 9.17) is 4.42 Å². The van der Waals surface area contributed by atoms with Gasteiger partial charge in [0.1, 0.15) is 11.2 Å². The second kappa shape index (κ2) is 4.47. The van der Waals surface area contributed by atoms with Gasteiger partial charge in [-0.15, -0.1) is 0 Å². The van der Waals surface area contributed by atoms with Crippen molar-refractivity contribution in [3.63, 3.8) is 0 Å². The van der Waals surface area contributed by atoms with Gasteiger partial charge in [-0.05, 0) is 29.2 Å². The number of fused-ring (bicyclic) bond motifs is 3. The fraction of sp³-hybridized carbons (Fsp3) is 0.368. The second-order valence-electron chi connectivity index (χ2n) is 8.02. The lowest BCUT2D eigenvalue weighted by molar-refractivity contribution is 0.590. The number of hydrogen-bond acceptors (Lipinski definition) is 1. The van der Waals surface area contributed by atoms with Crippen LogP contribution in [0.15, 0.2) is 40.8 Å². The van der Waals surface area contributed by atoms with Crippen molar-refractivity contribution in [1.82, 2.24) is 0 Å². The Morgan fingerprint density at radius 2 is 1.52 bits per heavy atom. The highest BCUT2D eigenvalue weighted by molar-refractivity contribution is 6.88. The van der Waals surface area contributed by atoms with E-state index in [2.05, 4.69) is 76.8 Å². The van der Waals surface area contributed by atoms with Crippen LogP contribution < -0.4 is 5.19 Å². The first-order chi connectivity index (χ1) is 9.66. The molecule has 0 bridgehead atoms. The van der Waals surface area contributed by atoms with E-state index in [-0.39, 0.29) is 5.41 Å². The molecule has 110 valence electrons. The Morgan fingerprint density at radius 3 is 2.14 bits per heavy atom. The van der Waals surface area contributed by atoms with Gasteiger partial charge in [-0.1, -0.05) is 63.8 Å². The maximum atomic E-state index is 6.08. The van der Waals surface area contributed by atoms with Crippen LogP contribution in [0.3, 0.4) is 0 Å². The van der Waals surface area contributed by atoms with Crippen molar-refractivity contribution in [2.45, 2.75) is 45.8 Å². The van der Waals surface area contributed by atoms with Gasteiger partial charge >= 0.3 is 0 Å². The van der Waals surface area contributed by atoms with Crippen LogP contribution in [-0.4, -0.2) is 8.07 Å². The van der Waals surface area contributed by atoms with E-state index >= 15 is 0 Å². The average Bonchev–Trinajstić information content (AvgIpc) is 2.73. The van der Waals surface area contributed by atoms with E-state index in [1.54, 1.807) is 0 Å². The first-order valence-corrected chi connectivity index (χ1v) is 11.1. The lowest BCUT2D eigenvalue weighted by Gasteiger charge is -2.18. The third-order valence-corrected chi connectivity index (χ3v) is 6.25. The van der Waals surface area contributed by atoms with E-state index in [0.29, 0.717) is 0 Å². The largest absolute Gasteiger partial charge is 0.456 e. The highest BCUT2D eigenvalue weighted by atomic mass is 28.3. The van der Waals surface area contributed by atoms with Crippen molar-refractivity contribution in [3.05, 3.63) is 42.0 Å². The summed E-state index contributed by atoms with van der Waals surface area (Å²) >= 11 is 0. The minimum absolute atomic E-state index is 0.163. The summed E-state index contributed by atoms with van der Waals surface area (Å²) in [5.74, 6) is 0. The van der Waals surface area contributed by atoms with Crippen LogP contribution in [0.2, 0.25) is 19.6 Å². The number of benzene rings is 2. The summed E-state index contributed by atoms with van der Waals surface area (Å²) in [5, 5.41) is 3.92. The Hall–Kier alpha value is -1.54. The second-order valence-corrected chi connectivity index (χ2v) is 13.1. The van der Waals surface area contributed by atoms with Crippen molar-refractivity contribution >= 4 is 35.2 Å². The van der Waals surface area contributed by atoms with Crippen molar-refractivity contribution < 1.29 is 4.42 Å². The molecule has 0 aliphatic carbocycles. The lowest BCUT2D eigenvalue weighted by atomic mass is 9.86. The van der Waals surface area contributed by atoms with Crippen LogP contribution in [0.5, 0.6) is 0 Å². The molecule has 0 atom stereocenters. The normalized spacial score (nSPS) is 13.2. The van der Waals surface area contributed by atoms with E-state index in [1.807, 2.05) is 0 Å². The monoisotopic (exact) mass is 296 g/mol. The van der Waals surface area contributed by atoms with Gasteiger partial charge in [-0.3, -0.25) is 0 Å². The summed E-state index contributed by atoms with van der Waals surface area (Å²) in [7, 11) is -1.30. The summed E-state index contributed by atoms with van der Waals surface area (Å²) in [6.07, 6.45) is 0. The highest BCUT2D eigenvalue weighted by Gasteiger charge is 2.19. The van der Waals surface area contributed by atoms with E-state index in [1.165, 1.54) is 21.5 Å². The maximum Gasteiger partial charge on any atom is 0.135 e. The van der Waals surface area contributed by atoms with Crippen molar-refractivity contribution in [1.29, 1.82) is 0 Å². The SMILES string of the molecule is CC(C)(C)c1ccc2oc3cc([Si](C)(C)C)ccc3c2c1. The smallest absolute Gasteiger partial charge is 0.135 e. The Bertz CT molecular complexity index is 813. The Kier molecular flexibility index (Phi) is 3.07. The van der Waals surface area contributed by atoms with Crippen LogP contribution in [0, 0.1) is 0 Å². The molecular weight excluding hydrogens is 272 g/mol. The predicted octanol–water partition coefficient (Wildman–Crippen LogP) is 5.43. The molecule has 0 saturated heterocycles. The van der Waals surface area contributed by atoms with Gasteiger partial charge in [0.15, 0.2) is 0 Å². The summed E-state index contributed by atoms with van der Waals surface area (Å²) in [5.41, 5.74) is 3.53. The average molecular weight is 296 g/mol. The van der Waals surface area contributed by atoms with E-state index in [0.717, 1.165) is 11.2 Å². The Morgan fingerprint density at radius 1 is 0.810 bits per heavy atom. The van der Waals surface area contributed by atoms with E-state index in [9.17, 15) is 0 Å². The third kappa shape index (κ3) is 2.53. The Labute approximate surface area is 128 Å². The molecule has 0 unspecified atom stereocenters.